The number of benzene rings is 1. The van der Waals surface area contributed by atoms with Crippen molar-refractivity contribution in [2.45, 2.75) is 27.2 Å². The zero-order valence-electron chi connectivity index (χ0n) is 7.82. The topological polar surface area (TPSA) is 0 Å². The first-order chi connectivity index (χ1) is 5.65. The molecule has 0 saturated heterocycles. The minimum atomic E-state index is 1.12. The highest BCUT2D eigenvalue weighted by Crippen LogP contribution is 2.21. The van der Waals surface area contributed by atoms with Crippen LogP contribution in [0.4, 0.5) is 0 Å². The van der Waals surface area contributed by atoms with Crippen LogP contribution in [0.15, 0.2) is 18.2 Å². The summed E-state index contributed by atoms with van der Waals surface area (Å²) in [6, 6.07) is 6.69. The van der Waals surface area contributed by atoms with E-state index in [4.69, 9.17) is 0 Å². The van der Waals surface area contributed by atoms with Gasteiger partial charge in [0, 0.05) is 3.57 Å². The Morgan fingerprint density at radius 1 is 1.33 bits per heavy atom. The van der Waals surface area contributed by atoms with Crippen LogP contribution in [0.5, 0.6) is 0 Å². The van der Waals surface area contributed by atoms with Crippen molar-refractivity contribution in [3.8, 4) is 0 Å². The molecule has 0 bridgehead atoms. The van der Waals surface area contributed by atoms with Crippen molar-refractivity contribution in [1.29, 1.82) is 0 Å². The van der Waals surface area contributed by atoms with Gasteiger partial charge in [0.25, 0.3) is 0 Å². The van der Waals surface area contributed by atoms with Crippen molar-refractivity contribution < 1.29 is 0 Å². The highest BCUT2D eigenvalue weighted by molar-refractivity contribution is 14.1. The summed E-state index contributed by atoms with van der Waals surface area (Å²) >= 11 is 2.39. The van der Waals surface area contributed by atoms with E-state index in [-0.39, 0.29) is 0 Å². The van der Waals surface area contributed by atoms with E-state index in [1.807, 2.05) is 0 Å². The number of aryl methyl sites for hydroxylation is 1. The lowest BCUT2D eigenvalue weighted by atomic mass is 10.0. The zero-order valence-corrected chi connectivity index (χ0v) is 9.97. The smallest absolute Gasteiger partial charge is 0.0168 e. The Labute approximate surface area is 88.5 Å². The van der Waals surface area contributed by atoms with E-state index in [1.165, 1.54) is 20.6 Å². The average Bonchev–Trinajstić information content (AvgIpc) is 2.05. The molecule has 0 N–H and O–H groups in total. The number of hydrogen-bond donors (Lipinski definition) is 0. The molecule has 12 heavy (non-hydrogen) atoms. The highest BCUT2D eigenvalue weighted by atomic mass is 127. The molecule has 0 fully saturated rings. The summed E-state index contributed by atoms with van der Waals surface area (Å²) in [6.45, 7) is 6.52. The molecule has 0 saturated carbocycles. The summed E-state index contributed by atoms with van der Waals surface area (Å²) < 4.78 is 1.35. The van der Waals surface area contributed by atoms with Crippen LogP contribution in [-0.4, -0.2) is 0 Å². The first-order valence-corrected chi connectivity index (χ1v) is 5.32. The third-order valence-electron chi connectivity index (χ3n) is 1.98. The Morgan fingerprint density at radius 2 is 2.00 bits per heavy atom. The van der Waals surface area contributed by atoms with Crippen molar-refractivity contribution in [2.24, 2.45) is 0 Å². The molecule has 1 radical (unpaired) electrons. The molecular formula is C11H14I. The minimum absolute atomic E-state index is 1.12. The molecule has 65 valence electrons. The van der Waals surface area contributed by atoms with Gasteiger partial charge in [-0.15, -0.1) is 0 Å². The van der Waals surface area contributed by atoms with Crippen LogP contribution < -0.4 is 0 Å². The molecule has 0 unspecified atom stereocenters. The van der Waals surface area contributed by atoms with Gasteiger partial charge in [0.1, 0.15) is 0 Å². The maximum Gasteiger partial charge on any atom is 0.0168 e. The third-order valence-corrected chi connectivity index (χ3v) is 2.92. The SMILES string of the molecule is CCc1ccc(I)c([C](C)C)c1. The van der Waals surface area contributed by atoms with Crippen LogP contribution >= 0.6 is 22.6 Å². The van der Waals surface area contributed by atoms with Crippen LogP contribution in [0.1, 0.15) is 31.9 Å². The van der Waals surface area contributed by atoms with Crippen LogP contribution in [0, 0.1) is 9.49 Å². The largest absolute Gasteiger partial charge is 0.0613 e. The van der Waals surface area contributed by atoms with Crippen LogP contribution in [-0.2, 0) is 6.42 Å². The Hall–Kier alpha value is -0.0500. The molecule has 0 aliphatic rings. The van der Waals surface area contributed by atoms with Crippen molar-refractivity contribution in [3.05, 3.63) is 38.8 Å². The summed E-state index contributed by atoms with van der Waals surface area (Å²) in [5.74, 6) is 1.40. The average molecular weight is 273 g/mol. The van der Waals surface area contributed by atoms with Gasteiger partial charge in [-0.3, -0.25) is 0 Å². The first-order valence-electron chi connectivity index (χ1n) is 4.24. The summed E-state index contributed by atoms with van der Waals surface area (Å²) in [7, 11) is 0. The van der Waals surface area contributed by atoms with Gasteiger partial charge >= 0.3 is 0 Å². The van der Waals surface area contributed by atoms with Gasteiger partial charge in [0.15, 0.2) is 0 Å². The second kappa shape index (κ2) is 4.26. The molecule has 1 heteroatoms. The van der Waals surface area contributed by atoms with Crippen molar-refractivity contribution >= 4 is 22.6 Å². The molecule has 0 amide bonds. The fourth-order valence-electron chi connectivity index (χ4n) is 1.18. The Balaban J connectivity index is 3.08. The lowest BCUT2D eigenvalue weighted by molar-refractivity contribution is 1.09. The molecule has 0 heterocycles. The van der Waals surface area contributed by atoms with E-state index in [1.54, 1.807) is 0 Å². The van der Waals surface area contributed by atoms with Gasteiger partial charge in [-0.2, -0.15) is 0 Å². The van der Waals surface area contributed by atoms with Crippen molar-refractivity contribution in [2.75, 3.05) is 0 Å². The van der Waals surface area contributed by atoms with Crippen molar-refractivity contribution in [1.82, 2.24) is 0 Å². The summed E-state index contributed by atoms with van der Waals surface area (Å²) in [5, 5.41) is 0. The van der Waals surface area contributed by atoms with Gasteiger partial charge in [-0.05, 0) is 52.1 Å². The highest BCUT2D eigenvalue weighted by Gasteiger charge is 2.04. The lowest BCUT2D eigenvalue weighted by Crippen LogP contribution is -1.94. The molecule has 1 aromatic carbocycles. The van der Waals surface area contributed by atoms with Crippen LogP contribution in [0.3, 0.4) is 0 Å². The maximum absolute atomic E-state index is 2.39. The number of halogens is 1. The molecule has 0 nitrogen and oxygen atoms in total. The predicted molar refractivity (Wildman–Crippen MR) is 62.2 cm³/mol. The van der Waals surface area contributed by atoms with Crippen LogP contribution in [0.25, 0.3) is 0 Å². The zero-order chi connectivity index (χ0) is 9.14. The molecule has 0 aliphatic heterocycles. The van der Waals surface area contributed by atoms with Gasteiger partial charge in [0.2, 0.25) is 0 Å². The monoisotopic (exact) mass is 273 g/mol. The second-order valence-electron chi connectivity index (χ2n) is 3.17. The maximum atomic E-state index is 2.39. The van der Waals surface area contributed by atoms with Gasteiger partial charge in [-0.1, -0.05) is 32.9 Å². The molecular weight excluding hydrogens is 259 g/mol. The molecule has 0 aliphatic carbocycles. The van der Waals surface area contributed by atoms with Gasteiger partial charge in [-0.25, -0.2) is 0 Å². The quantitative estimate of drug-likeness (QED) is 0.719. The lowest BCUT2D eigenvalue weighted by Gasteiger charge is -2.09. The normalized spacial score (nSPS) is 10.8. The van der Waals surface area contributed by atoms with Crippen molar-refractivity contribution in [3.63, 3.8) is 0 Å². The summed E-state index contributed by atoms with van der Waals surface area (Å²) in [6.07, 6.45) is 1.12. The fourth-order valence-corrected chi connectivity index (χ4v) is 2.05. The van der Waals surface area contributed by atoms with Gasteiger partial charge in [0.05, 0.1) is 0 Å². The Morgan fingerprint density at radius 3 is 2.50 bits per heavy atom. The molecule has 0 aromatic heterocycles. The molecule has 0 spiro atoms. The van der Waals surface area contributed by atoms with E-state index in [2.05, 4.69) is 61.6 Å². The van der Waals surface area contributed by atoms with E-state index >= 15 is 0 Å². The summed E-state index contributed by atoms with van der Waals surface area (Å²) in [5.41, 5.74) is 2.82. The standard InChI is InChI=1S/C11H14I/c1-4-9-5-6-11(12)10(7-9)8(2)3/h5-7H,4H2,1-3H3. The van der Waals surface area contributed by atoms with E-state index in [9.17, 15) is 0 Å². The minimum Gasteiger partial charge on any atom is -0.0613 e. The van der Waals surface area contributed by atoms with E-state index in [0.29, 0.717) is 0 Å². The van der Waals surface area contributed by atoms with Crippen LogP contribution in [0.2, 0.25) is 0 Å². The Kier molecular flexibility index (Phi) is 3.56. The number of rotatable bonds is 2. The Bertz CT molecular complexity index is 264. The molecule has 1 rings (SSSR count). The third kappa shape index (κ3) is 2.22. The van der Waals surface area contributed by atoms with E-state index in [0.717, 1.165) is 6.42 Å². The second-order valence-corrected chi connectivity index (χ2v) is 4.33. The number of hydrogen-bond acceptors (Lipinski definition) is 0. The van der Waals surface area contributed by atoms with E-state index < -0.39 is 0 Å². The molecule has 0 atom stereocenters. The molecule has 1 aromatic rings. The predicted octanol–water partition coefficient (Wildman–Crippen LogP) is 3.82. The summed E-state index contributed by atoms with van der Waals surface area (Å²) in [4.78, 5) is 0. The first kappa shape index (κ1) is 10.0. The fraction of sp³-hybridized carbons (Fsp3) is 0.364. The van der Waals surface area contributed by atoms with Gasteiger partial charge < -0.3 is 0 Å².